The van der Waals surface area contributed by atoms with E-state index in [0.29, 0.717) is 12.6 Å². The minimum atomic E-state index is 0.139. The number of hydrogen-bond donors (Lipinski definition) is 0. The van der Waals surface area contributed by atoms with E-state index in [1.807, 2.05) is 52.7 Å². The average molecular weight is 454 g/mol. The second-order valence-corrected chi connectivity index (χ2v) is 10.3. The summed E-state index contributed by atoms with van der Waals surface area (Å²) >= 11 is 3.69. The van der Waals surface area contributed by atoms with E-state index in [0.717, 1.165) is 64.9 Å². The molecule has 2 aliphatic heterocycles. The molecular formula is C24H27N3O2S2. The molecule has 2 aliphatic rings. The van der Waals surface area contributed by atoms with E-state index in [1.54, 1.807) is 11.8 Å². The van der Waals surface area contributed by atoms with Crippen LogP contribution in [0.4, 0.5) is 0 Å². The van der Waals surface area contributed by atoms with Crippen LogP contribution in [0.25, 0.3) is 5.65 Å². The number of rotatable bonds is 7. The summed E-state index contributed by atoms with van der Waals surface area (Å²) in [5, 5.41) is 0. The molecular weight excluding hydrogens is 426 g/mol. The number of nitrogens with zero attached hydrogens (tertiary/aromatic N) is 3. The van der Waals surface area contributed by atoms with Gasteiger partial charge in [0.25, 0.3) is 5.91 Å². The van der Waals surface area contributed by atoms with E-state index < -0.39 is 0 Å². The Morgan fingerprint density at radius 2 is 2.13 bits per heavy atom. The summed E-state index contributed by atoms with van der Waals surface area (Å²) in [7, 11) is 0. The van der Waals surface area contributed by atoms with Crippen LogP contribution in [0.2, 0.25) is 0 Å². The van der Waals surface area contributed by atoms with Gasteiger partial charge in [-0.15, -0.1) is 11.8 Å². The molecule has 31 heavy (non-hydrogen) atoms. The predicted molar refractivity (Wildman–Crippen MR) is 127 cm³/mol. The molecule has 5 rings (SSSR count). The quantitative estimate of drug-likeness (QED) is 0.483. The van der Waals surface area contributed by atoms with Crippen molar-refractivity contribution in [3.05, 3.63) is 66.1 Å². The Morgan fingerprint density at radius 3 is 2.87 bits per heavy atom. The molecule has 2 aromatic heterocycles. The van der Waals surface area contributed by atoms with Crippen molar-refractivity contribution in [1.29, 1.82) is 0 Å². The van der Waals surface area contributed by atoms with Gasteiger partial charge in [0.05, 0.1) is 11.8 Å². The molecule has 1 aromatic carbocycles. The second kappa shape index (κ2) is 9.67. The lowest BCUT2D eigenvalue weighted by Gasteiger charge is -2.31. The highest BCUT2D eigenvalue weighted by Crippen LogP contribution is 2.27. The van der Waals surface area contributed by atoms with Gasteiger partial charge in [0.1, 0.15) is 5.65 Å². The highest BCUT2D eigenvalue weighted by atomic mass is 32.2. The minimum absolute atomic E-state index is 0.139. The Kier molecular flexibility index (Phi) is 6.53. The maximum absolute atomic E-state index is 13.4. The summed E-state index contributed by atoms with van der Waals surface area (Å²) in [5.74, 6) is 3.11. The molecule has 5 nitrogen and oxygen atoms in total. The molecule has 0 radical (unpaired) electrons. The van der Waals surface area contributed by atoms with Crippen molar-refractivity contribution in [3.63, 3.8) is 0 Å². The third-order valence-electron chi connectivity index (χ3n) is 5.93. The Morgan fingerprint density at radius 1 is 1.23 bits per heavy atom. The molecule has 3 aromatic rings. The first-order valence-corrected chi connectivity index (χ1v) is 13.1. The van der Waals surface area contributed by atoms with Crippen LogP contribution in [-0.2, 0) is 10.5 Å². The Bertz CT molecular complexity index is 992. The number of hydrogen-bond acceptors (Lipinski definition) is 5. The van der Waals surface area contributed by atoms with Crippen molar-refractivity contribution in [2.75, 3.05) is 24.7 Å². The van der Waals surface area contributed by atoms with E-state index in [1.165, 1.54) is 0 Å². The zero-order valence-corrected chi connectivity index (χ0v) is 19.1. The molecule has 0 N–H and O–H groups in total. The molecule has 0 bridgehead atoms. The number of thioether (sulfide) groups is 2. The molecule has 162 valence electrons. The summed E-state index contributed by atoms with van der Waals surface area (Å²) in [4.78, 5) is 21.2. The zero-order valence-electron chi connectivity index (χ0n) is 17.5. The lowest BCUT2D eigenvalue weighted by atomic mass is 10.1. The first-order chi connectivity index (χ1) is 15.3. The van der Waals surface area contributed by atoms with E-state index in [9.17, 15) is 4.79 Å². The van der Waals surface area contributed by atoms with Gasteiger partial charge in [-0.05, 0) is 61.4 Å². The van der Waals surface area contributed by atoms with Crippen molar-refractivity contribution in [1.82, 2.24) is 14.3 Å². The lowest BCUT2D eigenvalue weighted by molar-refractivity contribution is 0.0441. The van der Waals surface area contributed by atoms with Gasteiger partial charge in [-0.2, -0.15) is 11.8 Å². The summed E-state index contributed by atoms with van der Waals surface area (Å²) in [6, 6.07) is 14.4. The fourth-order valence-corrected chi connectivity index (χ4v) is 6.25. The monoisotopic (exact) mass is 453 g/mol. The summed E-state index contributed by atoms with van der Waals surface area (Å²) < 4.78 is 7.88. The van der Waals surface area contributed by atoms with Gasteiger partial charge in [-0.3, -0.25) is 4.79 Å². The van der Waals surface area contributed by atoms with E-state index in [-0.39, 0.29) is 12.0 Å². The summed E-state index contributed by atoms with van der Waals surface area (Å²) in [6.45, 7) is 1.54. The molecule has 0 aliphatic carbocycles. The number of ether oxygens (including phenoxy) is 1. The number of pyridine rings is 1. The number of benzene rings is 1. The lowest BCUT2D eigenvalue weighted by Crippen LogP contribution is -2.44. The third-order valence-corrected chi connectivity index (χ3v) is 8.12. The van der Waals surface area contributed by atoms with Crippen LogP contribution < -0.4 is 0 Å². The fourth-order valence-electron chi connectivity index (χ4n) is 4.25. The van der Waals surface area contributed by atoms with E-state index >= 15 is 0 Å². The van der Waals surface area contributed by atoms with Crippen molar-refractivity contribution < 1.29 is 9.53 Å². The van der Waals surface area contributed by atoms with Gasteiger partial charge in [-0.25, -0.2) is 4.98 Å². The SMILES string of the molecule is O=C(c1ccc(SCc2cn3ccccc3n2)cc1)N(CC1CCCO1)C1CCSC1. The number of amides is 1. The van der Waals surface area contributed by atoms with Crippen LogP contribution in [0, 0.1) is 0 Å². The smallest absolute Gasteiger partial charge is 0.254 e. The first kappa shape index (κ1) is 20.9. The fraction of sp³-hybridized carbons (Fsp3) is 0.417. The van der Waals surface area contributed by atoms with E-state index in [4.69, 9.17) is 4.74 Å². The number of aromatic nitrogens is 2. The molecule has 0 spiro atoms. The van der Waals surface area contributed by atoms with Crippen LogP contribution in [0.1, 0.15) is 35.3 Å². The minimum Gasteiger partial charge on any atom is -0.376 e. The average Bonchev–Trinajstić information content (AvgIpc) is 3.57. The molecule has 2 unspecified atom stereocenters. The van der Waals surface area contributed by atoms with E-state index in [2.05, 4.69) is 28.2 Å². The highest BCUT2D eigenvalue weighted by molar-refractivity contribution is 7.99. The van der Waals surface area contributed by atoms with Gasteiger partial charge in [0.15, 0.2) is 0 Å². The Balaban J connectivity index is 1.24. The molecule has 4 heterocycles. The number of fused-ring (bicyclic) bond motifs is 1. The van der Waals surface area contributed by atoms with Gasteiger partial charge < -0.3 is 14.0 Å². The van der Waals surface area contributed by atoms with Crippen molar-refractivity contribution in [3.8, 4) is 0 Å². The van der Waals surface area contributed by atoms with Crippen LogP contribution in [0.3, 0.4) is 0 Å². The second-order valence-electron chi connectivity index (χ2n) is 8.12. The Labute approximate surface area is 191 Å². The summed E-state index contributed by atoms with van der Waals surface area (Å²) in [6.07, 6.45) is 7.52. The van der Waals surface area contributed by atoms with Gasteiger partial charge in [0, 0.05) is 53.6 Å². The molecule has 2 fully saturated rings. The largest absolute Gasteiger partial charge is 0.376 e. The standard InChI is InChI=1S/C24H27N3O2S2/c28-24(27(20-10-13-30-17-20)15-21-4-3-12-29-21)18-6-8-22(9-7-18)31-16-19-14-26-11-2-1-5-23(26)25-19/h1-2,5-9,11,14,20-21H,3-4,10,12-13,15-17H2. The number of imidazole rings is 1. The first-order valence-electron chi connectivity index (χ1n) is 10.9. The normalized spacial score (nSPS) is 21.0. The number of carbonyl (C=O) groups is 1. The zero-order chi connectivity index (χ0) is 21.0. The van der Waals surface area contributed by atoms with Crippen LogP contribution in [0.15, 0.2) is 59.8 Å². The number of carbonyl (C=O) groups excluding carboxylic acids is 1. The molecule has 7 heteroatoms. The van der Waals surface area contributed by atoms with Crippen LogP contribution >= 0.6 is 23.5 Å². The van der Waals surface area contributed by atoms with Crippen LogP contribution in [-0.4, -0.2) is 57.0 Å². The Hall–Kier alpha value is -1.96. The van der Waals surface area contributed by atoms with Crippen LogP contribution in [0.5, 0.6) is 0 Å². The molecule has 2 atom stereocenters. The topological polar surface area (TPSA) is 46.8 Å². The van der Waals surface area contributed by atoms with Gasteiger partial charge >= 0.3 is 0 Å². The molecule has 2 saturated heterocycles. The molecule has 1 amide bonds. The summed E-state index contributed by atoms with van der Waals surface area (Å²) in [5.41, 5.74) is 2.79. The predicted octanol–water partition coefficient (Wildman–Crippen LogP) is 4.75. The van der Waals surface area contributed by atoms with Crippen molar-refractivity contribution in [2.24, 2.45) is 0 Å². The molecule has 0 saturated carbocycles. The highest BCUT2D eigenvalue weighted by Gasteiger charge is 2.31. The third kappa shape index (κ3) is 4.94. The van der Waals surface area contributed by atoms with Crippen molar-refractivity contribution in [2.45, 2.75) is 42.1 Å². The van der Waals surface area contributed by atoms with Gasteiger partial charge in [0.2, 0.25) is 0 Å². The maximum Gasteiger partial charge on any atom is 0.254 e. The maximum atomic E-state index is 13.4. The van der Waals surface area contributed by atoms with Crippen molar-refractivity contribution >= 4 is 35.1 Å². The van der Waals surface area contributed by atoms with Gasteiger partial charge in [-0.1, -0.05) is 6.07 Å².